The van der Waals surface area contributed by atoms with Crippen LogP contribution in [0.4, 0.5) is 0 Å². The van der Waals surface area contributed by atoms with Crippen molar-refractivity contribution in [2.24, 2.45) is 5.92 Å². The Labute approximate surface area is 97.2 Å². The molecule has 16 heavy (non-hydrogen) atoms. The zero-order chi connectivity index (χ0) is 11.2. The van der Waals surface area contributed by atoms with E-state index in [-0.39, 0.29) is 0 Å². The first-order valence-corrected chi connectivity index (χ1v) is 6.11. The van der Waals surface area contributed by atoms with E-state index in [1.165, 1.54) is 19.4 Å². The molecule has 0 bridgehead atoms. The van der Waals surface area contributed by atoms with Gasteiger partial charge in [-0.3, -0.25) is 4.98 Å². The summed E-state index contributed by atoms with van der Waals surface area (Å²) >= 11 is 0. The molecule has 1 aliphatic heterocycles. The molecule has 0 radical (unpaired) electrons. The van der Waals surface area contributed by atoms with E-state index in [2.05, 4.69) is 10.3 Å². The predicted molar refractivity (Wildman–Crippen MR) is 64.7 cm³/mol. The maximum absolute atomic E-state index is 5.72. The number of pyridine rings is 1. The maximum Gasteiger partial charge on any atom is 0.122 e. The van der Waals surface area contributed by atoms with Crippen molar-refractivity contribution in [2.75, 3.05) is 19.7 Å². The number of aryl methyl sites for hydroxylation is 1. The summed E-state index contributed by atoms with van der Waals surface area (Å²) in [5.41, 5.74) is 1.01. The third-order valence-corrected chi connectivity index (χ3v) is 3.06. The van der Waals surface area contributed by atoms with Gasteiger partial charge in [0.1, 0.15) is 5.75 Å². The summed E-state index contributed by atoms with van der Waals surface area (Å²) < 4.78 is 5.72. The number of nitrogens with zero attached hydrogens (tertiary/aromatic N) is 1. The van der Waals surface area contributed by atoms with E-state index in [1.54, 1.807) is 6.20 Å². The van der Waals surface area contributed by atoms with Crippen LogP contribution in [0.2, 0.25) is 0 Å². The number of piperidine rings is 1. The molecular formula is C13H20N2O. The SMILES string of the molecule is Cc1cc(OCCC2CCCNC2)ccn1. The zero-order valence-electron chi connectivity index (χ0n) is 9.91. The van der Waals surface area contributed by atoms with Crippen LogP contribution in [0.5, 0.6) is 5.75 Å². The lowest BCUT2D eigenvalue weighted by Gasteiger charge is -2.22. The molecule has 1 aromatic rings. The lowest BCUT2D eigenvalue weighted by molar-refractivity contribution is 0.254. The lowest BCUT2D eigenvalue weighted by Crippen LogP contribution is -2.30. The van der Waals surface area contributed by atoms with E-state index in [0.29, 0.717) is 0 Å². The molecule has 1 saturated heterocycles. The minimum absolute atomic E-state index is 0.789. The molecule has 1 fully saturated rings. The van der Waals surface area contributed by atoms with Gasteiger partial charge in [-0.2, -0.15) is 0 Å². The van der Waals surface area contributed by atoms with E-state index < -0.39 is 0 Å². The minimum atomic E-state index is 0.789. The Morgan fingerprint density at radius 3 is 3.25 bits per heavy atom. The van der Waals surface area contributed by atoms with Gasteiger partial charge in [0, 0.05) is 18.0 Å². The van der Waals surface area contributed by atoms with Crippen LogP contribution < -0.4 is 10.1 Å². The monoisotopic (exact) mass is 220 g/mol. The van der Waals surface area contributed by atoms with Gasteiger partial charge in [0.2, 0.25) is 0 Å². The van der Waals surface area contributed by atoms with Gasteiger partial charge in [-0.15, -0.1) is 0 Å². The lowest BCUT2D eigenvalue weighted by atomic mass is 9.97. The Morgan fingerprint density at radius 2 is 2.50 bits per heavy atom. The van der Waals surface area contributed by atoms with Crippen LogP contribution in [0.15, 0.2) is 18.3 Å². The molecule has 3 nitrogen and oxygen atoms in total. The summed E-state index contributed by atoms with van der Waals surface area (Å²) in [6.45, 7) is 5.13. The maximum atomic E-state index is 5.72. The van der Waals surface area contributed by atoms with Gasteiger partial charge in [-0.05, 0) is 51.3 Å². The van der Waals surface area contributed by atoms with Crippen LogP contribution in [0.1, 0.15) is 25.0 Å². The van der Waals surface area contributed by atoms with Crippen LogP contribution in [0.3, 0.4) is 0 Å². The Kier molecular flexibility index (Phi) is 4.17. The van der Waals surface area contributed by atoms with Gasteiger partial charge in [0.05, 0.1) is 6.61 Å². The second-order valence-corrected chi connectivity index (χ2v) is 4.48. The third-order valence-electron chi connectivity index (χ3n) is 3.06. The fourth-order valence-corrected chi connectivity index (χ4v) is 2.12. The quantitative estimate of drug-likeness (QED) is 0.844. The molecule has 0 amide bonds. The van der Waals surface area contributed by atoms with Crippen molar-refractivity contribution in [3.05, 3.63) is 24.0 Å². The number of hydrogen-bond donors (Lipinski definition) is 1. The molecule has 0 aliphatic carbocycles. The number of ether oxygens (including phenoxy) is 1. The molecule has 2 heterocycles. The first-order valence-electron chi connectivity index (χ1n) is 6.11. The molecule has 0 spiro atoms. The Hall–Kier alpha value is -1.09. The first-order chi connectivity index (χ1) is 7.84. The highest BCUT2D eigenvalue weighted by molar-refractivity contribution is 5.21. The molecule has 1 unspecified atom stereocenters. The standard InChI is InChI=1S/C13H20N2O/c1-11-9-13(4-7-15-11)16-8-5-12-3-2-6-14-10-12/h4,7,9,12,14H,2-3,5-6,8,10H2,1H3. The molecule has 1 atom stereocenters. The third kappa shape index (κ3) is 3.49. The second-order valence-electron chi connectivity index (χ2n) is 4.48. The molecule has 2 rings (SSSR count). The number of aromatic nitrogens is 1. The Bertz CT molecular complexity index is 321. The highest BCUT2D eigenvalue weighted by atomic mass is 16.5. The van der Waals surface area contributed by atoms with Crippen molar-refractivity contribution in [3.63, 3.8) is 0 Å². The smallest absolute Gasteiger partial charge is 0.122 e. The van der Waals surface area contributed by atoms with Gasteiger partial charge < -0.3 is 10.1 Å². The molecule has 1 N–H and O–H groups in total. The van der Waals surface area contributed by atoms with Crippen molar-refractivity contribution >= 4 is 0 Å². The molecule has 88 valence electrons. The minimum Gasteiger partial charge on any atom is -0.493 e. The van der Waals surface area contributed by atoms with Gasteiger partial charge in [-0.25, -0.2) is 0 Å². The topological polar surface area (TPSA) is 34.1 Å². The van der Waals surface area contributed by atoms with Gasteiger partial charge in [-0.1, -0.05) is 0 Å². The van der Waals surface area contributed by atoms with Crippen molar-refractivity contribution in [1.29, 1.82) is 0 Å². The van der Waals surface area contributed by atoms with Crippen LogP contribution in [-0.4, -0.2) is 24.7 Å². The van der Waals surface area contributed by atoms with E-state index in [0.717, 1.165) is 36.9 Å². The van der Waals surface area contributed by atoms with Crippen molar-refractivity contribution < 1.29 is 4.74 Å². The molecule has 1 aliphatic rings. The Balaban J connectivity index is 1.71. The van der Waals surface area contributed by atoms with Gasteiger partial charge >= 0.3 is 0 Å². The number of rotatable bonds is 4. The van der Waals surface area contributed by atoms with E-state index in [1.807, 2.05) is 19.1 Å². The Morgan fingerprint density at radius 1 is 1.56 bits per heavy atom. The van der Waals surface area contributed by atoms with E-state index in [4.69, 9.17) is 4.74 Å². The van der Waals surface area contributed by atoms with Crippen molar-refractivity contribution in [3.8, 4) is 5.75 Å². The van der Waals surface area contributed by atoms with Gasteiger partial charge in [0.25, 0.3) is 0 Å². The molecular weight excluding hydrogens is 200 g/mol. The van der Waals surface area contributed by atoms with Crippen LogP contribution in [0.25, 0.3) is 0 Å². The van der Waals surface area contributed by atoms with Crippen LogP contribution in [0, 0.1) is 12.8 Å². The summed E-state index contributed by atoms with van der Waals surface area (Å²) in [6.07, 6.45) is 5.59. The highest BCUT2D eigenvalue weighted by Crippen LogP contribution is 2.16. The number of nitrogens with one attached hydrogen (secondary N) is 1. The van der Waals surface area contributed by atoms with Crippen LogP contribution >= 0.6 is 0 Å². The predicted octanol–water partition coefficient (Wildman–Crippen LogP) is 2.16. The fourth-order valence-electron chi connectivity index (χ4n) is 2.12. The average molecular weight is 220 g/mol. The first kappa shape index (κ1) is 11.4. The molecule has 0 saturated carbocycles. The fraction of sp³-hybridized carbons (Fsp3) is 0.615. The zero-order valence-corrected chi connectivity index (χ0v) is 9.91. The average Bonchev–Trinajstić information content (AvgIpc) is 2.30. The summed E-state index contributed by atoms with van der Waals surface area (Å²) in [5, 5.41) is 3.43. The summed E-state index contributed by atoms with van der Waals surface area (Å²) in [6, 6.07) is 3.91. The van der Waals surface area contributed by atoms with E-state index >= 15 is 0 Å². The van der Waals surface area contributed by atoms with Crippen molar-refractivity contribution in [1.82, 2.24) is 10.3 Å². The van der Waals surface area contributed by atoms with Gasteiger partial charge in [0.15, 0.2) is 0 Å². The second kappa shape index (κ2) is 5.85. The summed E-state index contributed by atoms with van der Waals surface area (Å²) in [5.74, 6) is 1.73. The van der Waals surface area contributed by atoms with Crippen molar-refractivity contribution in [2.45, 2.75) is 26.2 Å². The largest absolute Gasteiger partial charge is 0.493 e. The summed E-state index contributed by atoms with van der Waals surface area (Å²) in [4.78, 5) is 4.15. The molecule has 3 heteroatoms. The van der Waals surface area contributed by atoms with E-state index in [9.17, 15) is 0 Å². The van der Waals surface area contributed by atoms with Crippen LogP contribution in [-0.2, 0) is 0 Å². The highest BCUT2D eigenvalue weighted by Gasteiger charge is 2.12. The molecule has 1 aromatic heterocycles. The molecule has 0 aromatic carbocycles. The normalized spacial score (nSPS) is 20.7. The number of hydrogen-bond acceptors (Lipinski definition) is 3. The summed E-state index contributed by atoms with van der Waals surface area (Å²) in [7, 11) is 0.